The van der Waals surface area contributed by atoms with E-state index in [2.05, 4.69) is 4.84 Å². The molecule has 0 aromatic heterocycles. The average Bonchev–Trinajstić information content (AvgIpc) is 1.84. The van der Waals surface area contributed by atoms with E-state index >= 15 is 0 Å². The van der Waals surface area contributed by atoms with Crippen LogP contribution in [0, 0.1) is 0 Å². The summed E-state index contributed by atoms with van der Waals surface area (Å²) in [6.07, 6.45) is 0.719. The fourth-order valence-electron chi connectivity index (χ4n) is 0.423. The van der Waals surface area contributed by atoms with Crippen molar-refractivity contribution in [3.05, 3.63) is 0 Å². The van der Waals surface area contributed by atoms with Crippen LogP contribution < -0.4 is 5.48 Å². The van der Waals surface area contributed by atoms with Gasteiger partial charge >= 0.3 is 6.09 Å². The van der Waals surface area contributed by atoms with Crippen molar-refractivity contribution in [3.8, 4) is 0 Å². The summed E-state index contributed by atoms with van der Waals surface area (Å²) >= 11 is 0. The zero-order valence-corrected chi connectivity index (χ0v) is 7.34. The standard InChI is InChI=1S/C7H12NO4/c1-7(2,3)12-6(10)8-11-5-4-9/h5H2,1-3H3,(H,8,10). The van der Waals surface area contributed by atoms with Crippen molar-refractivity contribution in [2.75, 3.05) is 6.61 Å². The monoisotopic (exact) mass is 174 g/mol. The van der Waals surface area contributed by atoms with Gasteiger partial charge in [0, 0.05) is 0 Å². The molecule has 0 rings (SSSR count). The van der Waals surface area contributed by atoms with Crippen molar-refractivity contribution in [2.24, 2.45) is 0 Å². The third kappa shape index (κ3) is 7.01. The first-order valence-electron chi connectivity index (χ1n) is 3.41. The maximum atomic E-state index is 10.7. The average molecular weight is 174 g/mol. The fourth-order valence-corrected chi connectivity index (χ4v) is 0.423. The van der Waals surface area contributed by atoms with E-state index in [9.17, 15) is 9.59 Å². The summed E-state index contributed by atoms with van der Waals surface area (Å²) in [5.41, 5.74) is 1.35. The summed E-state index contributed by atoms with van der Waals surface area (Å²) in [6, 6.07) is 0. The molecule has 1 radical (unpaired) electrons. The molecule has 0 aromatic rings. The van der Waals surface area contributed by atoms with E-state index in [0.29, 0.717) is 0 Å². The van der Waals surface area contributed by atoms with Gasteiger partial charge in [-0.25, -0.2) is 4.79 Å². The van der Waals surface area contributed by atoms with Gasteiger partial charge in [-0.3, -0.25) is 9.63 Å². The lowest BCUT2D eigenvalue weighted by Crippen LogP contribution is -2.32. The molecule has 0 saturated carbocycles. The van der Waals surface area contributed by atoms with E-state index in [1.165, 1.54) is 6.29 Å². The van der Waals surface area contributed by atoms with E-state index in [4.69, 9.17) is 4.74 Å². The van der Waals surface area contributed by atoms with Crippen LogP contribution in [0.25, 0.3) is 0 Å². The number of hydroxylamine groups is 1. The number of ether oxygens (including phenoxy) is 1. The third-order valence-corrected chi connectivity index (χ3v) is 0.685. The van der Waals surface area contributed by atoms with Crippen molar-refractivity contribution < 1.29 is 19.2 Å². The molecule has 0 aliphatic carbocycles. The molecular formula is C7H12NO4. The number of amides is 1. The van der Waals surface area contributed by atoms with Crippen LogP contribution in [0.3, 0.4) is 0 Å². The second-order valence-corrected chi connectivity index (χ2v) is 3.04. The highest BCUT2D eigenvalue weighted by Crippen LogP contribution is 2.05. The molecule has 0 heterocycles. The van der Waals surface area contributed by atoms with Crippen molar-refractivity contribution in [3.63, 3.8) is 0 Å². The lowest BCUT2D eigenvalue weighted by atomic mass is 10.2. The highest BCUT2D eigenvalue weighted by molar-refractivity contribution is 5.66. The predicted octanol–water partition coefficient (Wildman–Crippen LogP) is 0.552. The molecule has 1 N–H and O–H groups in total. The maximum absolute atomic E-state index is 10.7. The Morgan fingerprint density at radius 1 is 1.50 bits per heavy atom. The number of carbonyl (C=O) groups is 1. The molecule has 5 heteroatoms. The molecule has 0 aliphatic heterocycles. The molecule has 0 fully saturated rings. The van der Waals surface area contributed by atoms with Crippen LogP contribution in [0.5, 0.6) is 0 Å². The van der Waals surface area contributed by atoms with E-state index in [0.717, 1.165) is 0 Å². The highest BCUT2D eigenvalue weighted by Gasteiger charge is 2.15. The topological polar surface area (TPSA) is 64.6 Å². The summed E-state index contributed by atoms with van der Waals surface area (Å²) in [5, 5.41) is 0. The van der Waals surface area contributed by atoms with Crippen molar-refractivity contribution in [2.45, 2.75) is 26.4 Å². The molecule has 0 atom stereocenters. The largest absolute Gasteiger partial charge is 0.442 e. The van der Waals surface area contributed by atoms with Crippen molar-refractivity contribution >= 4 is 12.4 Å². The summed E-state index contributed by atoms with van der Waals surface area (Å²) in [6.45, 7) is 4.86. The van der Waals surface area contributed by atoms with Gasteiger partial charge in [-0.2, -0.15) is 5.48 Å². The Hall–Kier alpha value is -1.10. The maximum Gasteiger partial charge on any atom is 0.431 e. The molecule has 69 valence electrons. The SMILES string of the molecule is CC(C)(C)OC(=O)NOC[C]=O. The first-order chi connectivity index (χ1) is 5.45. The van der Waals surface area contributed by atoms with Gasteiger partial charge in [-0.1, -0.05) is 0 Å². The molecule has 1 amide bonds. The Balaban J connectivity index is 3.53. The fraction of sp³-hybridized carbons (Fsp3) is 0.714. The van der Waals surface area contributed by atoms with Crippen LogP contribution in [0.15, 0.2) is 0 Å². The minimum Gasteiger partial charge on any atom is -0.442 e. The second-order valence-electron chi connectivity index (χ2n) is 3.04. The smallest absolute Gasteiger partial charge is 0.431 e. The Morgan fingerprint density at radius 3 is 2.50 bits per heavy atom. The van der Waals surface area contributed by atoms with Crippen LogP contribution >= 0.6 is 0 Å². The Labute approximate surface area is 71.0 Å². The Bertz CT molecular complexity index is 161. The molecule has 0 aliphatic rings. The molecule has 0 spiro atoms. The van der Waals surface area contributed by atoms with E-state index in [1.807, 2.05) is 5.48 Å². The molecule has 5 nitrogen and oxygen atoms in total. The number of carbonyl (C=O) groups excluding carboxylic acids is 2. The minimum absolute atomic E-state index is 0.306. The Morgan fingerprint density at radius 2 is 2.08 bits per heavy atom. The first-order valence-corrected chi connectivity index (χ1v) is 3.41. The lowest BCUT2D eigenvalue weighted by molar-refractivity contribution is 0.00230. The van der Waals surface area contributed by atoms with Gasteiger partial charge in [0.25, 0.3) is 0 Å². The van der Waals surface area contributed by atoms with Crippen LogP contribution in [-0.2, 0) is 14.4 Å². The zero-order valence-electron chi connectivity index (χ0n) is 7.34. The van der Waals surface area contributed by atoms with E-state index in [-0.39, 0.29) is 6.61 Å². The summed E-state index contributed by atoms with van der Waals surface area (Å²) in [5.74, 6) is 0. The van der Waals surface area contributed by atoms with Crippen molar-refractivity contribution in [1.29, 1.82) is 0 Å². The van der Waals surface area contributed by atoms with Gasteiger partial charge in [0.1, 0.15) is 12.2 Å². The summed E-state index contributed by atoms with van der Waals surface area (Å²) < 4.78 is 4.78. The number of rotatable bonds is 3. The summed E-state index contributed by atoms with van der Waals surface area (Å²) in [7, 11) is 0. The number of hydrogen-bond acceptors (Lipinski definition) is 4. The van der Waals surface area contributed by atoms with E-state index < -0.39 is 11.7 Å². The molecule has 0 unspecified atom stereocenters. The predicted molar refractivity (Wildman–Crippen MR) is 41.0 cm³/mol. The second kappa shape index (κ2) is 4.71. The minimum atomic E-state index is -0.724. The lowest BCUT2D eigenvalue weighted by Gasteiger charge is -2.18. The van der Waals surface area contributed by atoms with Crippen molar-refractivity contribution in [1.82, 2.24) is 5.48 Å². The number of hydrogen-bond donors (Lipinski definition) is 1. The molecule has 0 aromatic carbocycles. The quantitative estimate of drug-likeness (QED) is 0.501. The van der Waals surface area contributed by atoms with Gasteiger partial charge in [0.05, 0.1) is 0 Å². The van der Waals surface area contributed by atoms with Gasteiger partial charge in [0.2, 0.25) is 6.29 Å². The van der Waals surface area contributed by atoms with Crippen LogP contribution in [0.4, 0.5) is 4.79 Å². The van der Waals surface area contributed by atoms with Gasteiger partial charge in [-0.15, -0.1) is 0 Å². The van der Waals surface area contributed by atoms with Crippen LogP contribution in [-0.4, -0.2) is 24.6 Å². The number of nitrogens with one attached hydrogen (secondary N) is 1. The molecule has 0 bridgehead atoms. The molecule has 0 saturated heterocycles. The van der Waals surface area contributed by atoms with E-state index in [1.54, 1.807) is 20.8 Å². The molecular weight excluding hydrogens is 162 g/mol. The van der Waals surface area contributed by atoms with Gasteiger partial charge in [0.15, 0.2) is 0 Å². The zero-order chi connectivity index (χ0) is 9.61. The first kappa shape index (κ1) is 10.9. The van der Waals surface area contributed by atoms with Gasteiger partial charge in [-0.05, 0) is 20.8 Å². The molecule has 12 heavy (non-hydrogen) atoms. The Kier molecular flexibility index (Phi) is 4.28. The third-order valence-electron chi connectivity index (χ3n) is 0.685. The van der Waals surface area contributed by atoms with Crippen LogP contribution in [0.2, 0.25) is 0 Å². The van der Waals surface area contributed by atoms with Crippen LogP contribution in [0.1, 0.15) is 20.8 Å². The normalized spacial score (nSPS) is 10.6. The highest BCUT2D eigenvalue weighted by atomic mass is 16.7. The van der Waals surface area contributed by atoms with Gasteiger partial charge < -0.3 is 4.74 Å². The summed E-state index contributed by atoms with van der Waals surface area (Å²) in [4.78, 5) is 24.7.